The number of carbonyl (C=O) groups is 1. The van der Waals surface area contributed by atoms with Crippen LogP contribution >= 0.6 is 0 Å². The maximum Gasteiger partial charge on any atom is 0.308 e. The van der Waals surface area contributed by atoms with Gasteiger partial charge in [-0.15, -0.1) is 0 Å². The SMILES string of the molecule is CCOC(=O)CC(O)CN(C)CC1CCC1. The Hall–Kier alpha value is -0.610. The Labute approximate surface area is 97.6 Å². The lowest BCUT2D eigenvalue weighted by atomic mass is 9.85. The van der Waals surface area contributed by atoms with Crippen LogP contribution in [0, 0.1) is 5.92 Å². The van der Waals surface area contributed by atoms with E-state index in [-0.39, 0.29) is 12.4 Å². The van der Waals surface area contributed by atoms with E-state index >= 15 is 0 Å². The lowest BCUT2D eigenvalue weighted by Crippen LogP contribution is -2.36. The molecule has 0 saturated heterocycles. The maximum absolute atomic E-state index is 11.1. The lowest BCUT2D eigenvalue weighted by Gasteiger charge is -2.30. The van der Waals surface area contributed by atoms with Gasteiger partial charge in [0.15, 0.2) is 0 Å². The summed E-state index contributed by atoms with van der Waals surface area (Å²) in [6, 6.07) is 0. The molecular weight excluding hydrogens is 206 g/mol. The van der Waals surface area contributed by atoms with Gasteiger partial charge in [0.2, 0.25) is 0 Å². The third-order valence-corrected chi connectivity index (χ3v) is 3.02. The molecule has 1 unspecified atom stereocenters. The predicted octanol–water partition coefficient (Wildman–Crippen LogP) is 1.03. The van der Waals surface area contributed by atoms with Crippen LogP contribution < -0.4 is 0 Å². The Bertz CT molecular complexity index is 216. The molecule has 16 heavy (non-hydrogen) atoms. The molecule has 1 saturated carbocycles. The quantitative estimate of drug-likeness (QED) is 0.663. The molecule has 0 heterocycles. The normalized spacial score (nSPS) is 18.2. The van der Waals surface area contributed by atoms with Crippen molar-refractivity contribution in [2.75, 3.05) is 26.7 Å². The minimum absolute atomic E-state index is 0.100. The summed E-state index contributed by atoms with van der Waals surface area (Å²) in [5.41, 5.74) is 0. The number of hydrogen-bond donors (Lipinski definition) is 1. The summed E-state index contributed by atoms with van der Waals surface area (Å²) in [5, 5.41) is 9.68. The fraction of sp³-hybridized carbons (Fsp3) is 0.917. The average molecular weight is 229 g/mol. The number of likely N-dealkylation sites (N-methyl/N-ethyl adjacent to an activating group) is 1. The number of ether oxygens (including phenoxy) is 1. The lowest BCUT2D eigenvalue weighted by molar-refractivity contribution is -0.145. The second kappa shape index (κ2) is 6.86. The van der Waals surface area contributed by atoms with Crippen LogP contribution in [0.15, 0.2) is 0 Å². The van der Waals surface area contributed by atoms with Crippen LogP contribution in [0.3, 0.4) is 0 Å². The smallest absolute Gasteiger partial charge is 0.308 e. The monoisotopic (exact) mass is 229 g/mol. The van der Waals surface area contributed by atoms with Gasteiger partial charge in [0, 0.05) is 13.1 Å². The van der Waals surface area contributed by atoms with Crippen molar-refractivity contribution in [1.82, 2.24) is 4.90 Å². The van der Waals surface area contributed by atoms with Gasteiger partial charge in [0.05, 0.1) is 19.1 Å². The van der Waals surface area contributed by atoms with Crippen molar-refractivity contribution in [1.29, 1.82) is 0 Å². The fourth-order valence-corrected chi connectivity index (χ4v) is 2.03. The minimum atomic E-state index is -0.607. The van der Waals surface area contributed by atoms with Crippen molar-refractivity contribution in [2.24, 2.45) is 5.92 Å². The van der Waals surface area contributed by atoms with E-state index in [0.29, 0.717) is 13.2 Å². The van der Waals surface area contributed by atoms with Gasteiger partial charge < -0.3 is 14.7 Å². The molecule has 0 amide bonds. The second-order valence-electron chi connectivity index (χ2n) is 4.68. The average Bonchev–Trinajstić information content (AvgIpc) is 2.11. The largest absolute Gasteiger partial charge is 0.466 e. The minimum Gasteiger partial charge on any atom is -0.466 e. The molecule has 1 aliphatic rings. The molecule has 1 fully saturated rings. The predicted molar refractivity (Wildman–Crippen MR) is 62.1 cm³/mol. The standard InChI is InChI=1S/C12H23NO3/c1-3-16-12(15)7-11(14)9-13(2)8-10-5-4-6-10/h10-11,14H,3-9H2,1-2H3. The number of nitrogens with zero attached hydrogens (tertiary/aromatic N) is 1. The molecule has 0 spiro atoms. The number of hydrogen-bond acceptors (Lipinski definition) is 4. The van der Waals surface area contributed by atoms with Crippen LogP contribution in [0.2, 0.25) is 0 Å². The van der Waals surface area contributed by atoms with E-state index in [9.17, 15) is 9.90 Å². The van der Waals surface area contributed by atoms with Crippen molar-refractivity contribution in [2.45, 2.75) is 38.7 Å². The van der Waals surface area contributed by atoms with Crippen molar-refractivity contribution < 1.29 is 14.6 Å². The Balaban J connectivity index is 2.11. The number of aliphatic hydroxyl groups excluding tert-OH is 1. The second-order valence-corrected chi connectivity index (χ2v) is 4.68. The van der Waals surface area contributed by atoms with Crippen molar-refractivity contribution in [3.63, 3.8) is 0 Å². The third kappa shape index (κ3) is 4.94. The van der Waals surface area contributed by atoms with Crippen LogP contribution in [0.5, 0.6) is 0 Å². The van der Waals surface area contributed by atoms with Gasteiger partial charge in [0.25, 0.3) is 0 Å². The summed E-state index contributed by atoms with van der Waals surface area (Å²) < 4.78 is 4.79. The summed E-state index contributed by atoms with van der Waals surface area (Å²) in [6.07, 6.45) is 3.44. The van der Waals surface area contributed by atoms with Gasteiger partial charge in [-0.1, -0.05) is 6.42 Å². The molecule has 1 N–H and O–H groups in total. The van der Waals surface area contributed by atoms with E-state index in [4.69, 9.17) is 4.74 Å². The Kier molecular flexibility index (Phi) is 5.77. The zero-order chi connectivity index (χ0) is 12.0. The molecule has 4 nitrogen and oxygen atoms in total. The summed E-state index contributed by atoms with van der Waals surface area (Å²) in [5.74, 6) is 0.479. The summed E-state index contributed by atoms with van der Waals surface area (Å²) >= 11 is 0. The molecule has 1 aliphatic carbocycles. The fourth-order valence-electron chi connectivity index (χ4n) is 2.03. The number of esters is 1. The molecule has 0 aromatic rings. The van der Waals surface area contributed by atoms with Gasteiger partial charge in [-0.3, -0.25) is 4.79 Å². The first-order valence-corrected chi connectivity index (χ1v) is 6.14. The first-order chi connectivity index (χ1) is 7.61. The highest BCUT2D eigenvalue weighted by atomic mass is 16.5. The van der Waals surface area contributed by atoms with Crippen LogP contribution in [0.1, 0.15) is 32.6 Å². The molecule has 1 rings (SSSR count). The van der Waals surface area contributed by atoms with Crippen LogP contribution in [0.25, 0.3) is 0 Å². The first-order valence-electron chi connectivity index (χ1n) is 6.14. The van der Waals surface area contributed by atoms with Crippen LogP contribution in [0.4, 0.5) is 0 Å². The van der Waals surface area contributed by atoms with Gasteiger partial charge in [-0.05, 0) is 32.7 Å². The highest BCUT2D eigenvalue weighted by Crippen LogP contribution is 2.26. The van der Waals surface area contributed by atoms with Gasteiger partial charge in [-0.2, -0.15) is 0 Å². The topological polar surface area (TPSA) is 49.8 Å². The van der Waals surface area contributed by atoms with E-state index in [0.717, 1.165) is 12.5 Å². The maximum atomic E-state index is 11.1. The van der Waals surface area contributed by atoms with Crippen LogP contribution in [-0.2, 0) is 9.53 Å². The molecule has 0 aromatic heterocycles. The molecule has 94 valence electrons. The van der Waals surface area contributed by atoms with E-state index in [1.54, 1.807) is 6.92 Å². The summed E-state index contributed by atoms with van der Waals surface area (Å²) in [4.78, 5) is 13.2. The van der Waals surface area contributed by atoms with E-state index in [2.05, 4.69) is 4.90 Å². The van der Waals surface area contributed by atoms with Crippen molar-refractivity contribution in [3.8, 4) is 0 Å². The van der Waals surface area contributed by atoms with Crippen molar-refractivity contribution in [3.05, 3.63) is 0 Å². The first kappa shape index (κ1) is 13.5. The number of rotatable bonds is 7. The van der Waals surface area contributed by atoms with E-state index in [1.165, 1.54) is 19.3 Å². The van der Waals surface area contributed by atoms with Crippen molar-refractivity contribution >= 4 is 5.97 Å². The summed E-state index contributed by atoms with van der Waals surface area (Å²) in [6.45, 7) is 3.73. The molecule has 4 heteroatoms. The number of aliphatic hydroxyl groups is 1. The van der Waals surface area contributed by atoms with Crippen LogP contribution in [-0.4, -0.2) is 48.8 Å². The molecule has 0 radical (unpaired) electrons. The highest BCUT2D eigenvalue weighted by molar-refractivity contribution is 5.69. The van der Waals surface area contributed by atoms with Gasteiger partial charge in [-0.25, -0.2) is 0 Å². The Morgan fingerprint density at radius 2 is 2.25 bits per heavy atom. The Morgan fingerprint density at radius 3 is 2.75 bits per heavy atom. The molecule has 0 aliphatic heterocycles. The van der Waals surface area contributed by atoms with E-state index < -0.39 is 6.10 Å². The summed E-state index contributed by atoms with van der Waals surface area (Å²) in [7, 11) is 1.99. The van der Waals surface area contributed by atoms with Gasteiger partial charge >= 0.3 is 5.97 Å². The molecule has 1 atom stereocenters. The molecule has 0 aromatic carbocycles. The highest BCUT2D eigenvalue weighted by Gasteiger charge is 2.21. The zero-order valence-electron chi connectivity index (χ0n) is 10.3. The molecule has 0 bridgehead atoms. The van der Waals surface area contributed by atoms with E-state index in [1.807, 2.05) is 7.05 Å². The Morgan fingerprint density at radius 1 is 1.56 bits per heavy atom. The third-order valence-electron chi connectivity index (χ3n) is 3.02. The molecular formula is C12H23NO3. The van der Waals surface area contributed by atoms with Gasteiger partial charge in [0.1, 0.15) is 0 Å². The number of carbonyl (C=O) groups excluding carboxylic acids is 1. The zero-order valence-corrected chi connectivity index (χ0v) is 10.3.